The Kier molecular flexibility index (Phi) is 9.37. The summed E-state index contributed by atoms with van der Waals surface area (Å²) < 4.78 is 0. The lowest BCUT2D eigenvalue weighted by atomic mass is 10.1. The smallest absolute Gasteiger partial charge is 0.251 e. The Bertz CT molecular complexity index is 1630. The van der Waals surface area contributed by atoms with Crippen LogP contribution in [0.5, 0.6) is 0 Å². The second-order valence-electron chi connectivity index (χ2n) is 10.5. The number of hydrogen-bond acceptors (Lipinski definition) is 7. The molecule has 0 bridgehead atoms. The molecular formula is C35H34N6OS. The molecule has 3 heterocycles. The molecule has 1 aliphatic heterocycles. The minimum absolute atomic E-state index is 0.117. The highest BCUT2D eigenvalue weighted by Crippen LogP contribution is 2.28. The third-order valence-electron chi connectivity index (χ3n) is 7.42. The number of thioether (sulfide) groups is 1. The van der Waals surface area contributed by atoms with E-state index in [-0.39, 0.29) is 5.91 Å². The van der Waals surface area contributed by atoms with Crippen molar-refractivity contribution in [2.24, 2.45) is 0 Å². The lowest BCUT2D eigenvalue weighted by Crippen LogP contribution is -2.46. The van der Waals surface area contributed by atoms with Crippen LogP contribution in [0.1, 0.15) is 27.2 Å². The number of anilines is 1. The van der Waals surface area contributed by atoms with Crippen molar-refractivity contribution in [1.82, 2.24) is 25.2 Å². The van der Waals surface area contributed by atoms with E-state index in [9.17, 15) is 4.79 Å². The first-order valence-electron chi connectivity index (χ1n) is 14.6. The van der Waals surface area contributed by atoms with Gasteiger partial charge in [-0.2, -0.15) is 0 Å². The molecule has 1 saturated heterocycles. The van der Waals surface area contributed by atoms with E-state index in [4.69, 9.17) is 9.97 Å². The number of pyridine rings is 1. The average molecular weight is 587 g/mol. The molecule has 0 unspecified atom stereocenters. The Balaban J connectivity index is 1.14. The summed E-state index contributed by atoms with van der Waals surface area (Å²) in [6.07, 6.45) is 1.73. The third-order valence-corrected chi connectivity index (χ3v) is 8.34. The zero-order valence-corrected chi connectivity index (χ0v) is 24.8. The van der Waals surface area contributed by atoms with Gasteiger partial charge in [0.25, 0.3) is 5.91 Å². The van der Waals surface area contributed by atoms with Crippen LogP contribution in [0, 0.1) is 0 Å². The normalized spacial score (nSPS) is 13.5. The predicted octanol–water partition coefficient (Wildman–Crippen LogP) is 6.08. The van der Waals surface area contributed by atoms with Gasteiger partial charge in [0, 0.05) is 61.9 Å². The van der Waals surface area contributed by atoms with Crippen LogP contribution >= 0.6 is 11.8 Å². The van der Waals surface area contributed by atoms with Crippen molar-refractivity contribution in [2.75, 3.05) is 31.1 Å². The van der Waals surface area contributed by atoms with Crippen LogP contribution in [-0.4, -0.2) is 51.9 Å². The Morgan fingerprint density at radius 3 is 2.28 bits per heavy atom. The summed E-state index contributed by atoms with van der Waals surface area (Å²) in [5.74, 6) is 1.50. The number of nitrogens with zero attached hydrogens (tertiary/aromatic N) is 5. The lowest BCUT2D eigenvalue weighted by Gasteiger charge is -2.35. The van der Waals surface area contributed by atoms with E-state index >= 15 is 0 Å². The molecule has 0 saturated carbocycles. The summed E-state index contributed by atoms with van der Waals surface area (Å²) >= 11 is 1.59. The highest BCUT2D eigenvalue weighted by atomic mass is 32.2. The standard InChI is InChI=1S/C35H34N6OS/c42-34(37-24-31-16-7-8-17-36-31)30-15-9-12-28(22-30)26-43-35-38-32(29-13-5-2-6-14-29)23-33(39-35)41-20-18-40(19-21-41)25-27-10-3-1-4-11-27/h1-17,22-23H,18-21,24-26H2,(H,37,42). The number of carbonyl (C=O) groups excluding carboxylic acids is 1. The molecule has 1 N–H and O–H groups in total. The van der Waals surface area contributed by atoms with Crippen LogP contribution < -0.4 is 10.2 Å². The van der Waals surface area contributed by atoms with Crippen LogP contribution in [0.3, 0.4) is 0 Å². The van der Waals surface area contributed by atoms with Crippen molar-refractivity contribution >= 4 is 23.5 Å². The fourth-order valence-electron chi connectivity index (χ4n) is 5.10. The fourth-order valence-corrected chi connectivity index (χ4v) is 5.90. The van der Waals surface area contributed by atoms with Crippen molar-refractivity contribution in [1.29, 1.82) is 0 Å². The van der Waals surface area contributed by atoms with E-state index in [1.807, 2.05) is 60.7 Å². The first-order valence-corrected chi connectivity index (χ1v) is 15.5. The van der Waals surface area contributed by atoms with E-state index in [2.05, 4.69) is 68.6 Å². The van der Waals surface area contributed by atoms with Gasteiger partial charge in [0.15, 0.2) is 5.16 Å². The lowest BCUT2D eigenvalue weighted by molar-refractivity contribution is 0.0950. The largest absolute Gasteiger partial charge is 0.354 e. The summed E-state index contributed by atoms with van der Waals surface area (Å²) in [7, 11) is 0. The Hall–Kier alpha value is -4.53. The topological polar surface area (TPSA) is 74.2 Å². The predicted molar refractivity (Wildman–Crippen MR) is 173 cm³/mol. The van der Waals surface area contributed by atoms with Crippen molar-refractivity contribution in [3.63, 3.8) is 0 Å². The van der Waals surface area contributed by atoms with Crippen molar-refractivity contribution in [3.8, 4) is 11.3 Å². The second kappa shape index (κ2) is 14.1. The Labute approximate surface area is 257 Å². The molecule has 43 heavy (non-hydrogen) atoms. The van der Waals surface area contributed by atoms with E-state index < -0.39 is 0 Å². The summed E-state index contributed by atoms with van der Waals surface area (Å²) in [5.41, 5.74) is 5.83. The van der Waals surface area contributed by atoms with Crippen LogP contribution in [0.15, 0.2) is 121 Å². The minimum Gasteiger partial charge on any atom is -0.354 e. The maximum Gasteiger partial charge on any atom is 0.251 e. The summed E-state index contributed by atoms with van der Waals surface area (Å²) in [4.78, 5) is 31.9. The molecule has 0 atom stereocenters. The highest BCUT2D eigenvalue weighted by Gasteiger charge is 2.20. The summed E-state index contributed by atoms with van der Waals surface area (Å²) in [5, 5.41) is 3.69. The SMILES string of the molecule is O=C(NCc1ccccn1)c1cccc(CSc2nc(-c3ccccc3)cc(N3CCN(Cc4ccccc4)CC3)n2)c1. The van der Waals surface area contributed by atoms with Crippen molar-refractivity contribution in [2.45, 2.75) is 24.0 Å². The molecule has 8 heteroatoms. The molecule has 216 valence electrons. The summed E-state index contributed by atoms with van der Waals surface area (Å²) in [6.45, 7) is 5.15. The zero-order chi connectivity index (χ0) is 29.3. The van der Waals surface area contributed by atoms with Gasteiger partial charge in [-0.1, -0.05) is 90.6 Å². The van der Waals surface area contributed by atoms with Gasteiger partial charge >= 0.3 is 0 Å². The maximum absolute atomic E-state index is 12.8. The third kappa shape index (κ3) is 7.85. The minimum atomic E-state index is -0.117. The number of rotatable bonds is 10. The number of aromatic nitrogens is 3. The van der Waals surface area contributed by atoms with E-state index in [0.717, 1.165) is 66.2 Å². The summed E-state index contributed by atoms with van der Waals surface area (Å²) in [6, 6.07) is 36.5. The maximum atomic E-state index is 12.8. The number of nitrogens with one attached hydrogen (secondary N) is 1. The zero-order valence-electron chi connectivity index (χ0n) is 24.0. The second-order valence-corrected chi connectivity index (χ2v) is 11.4. The monoisotopic (exact) mass is 586 g/mol. The average Bonchev–Trinajstić information content (AvgIpc) is 3.08. The highest BCUT2D eigenvalue weighted by molar-refractivity contribution is 7.98. The van der Waals surface area contributed by atoms with Crippen molar-refractivity contribution in [3.05, 3.63) is 138 Å². The van der Waals surface area contributed by atoms with Gasteiger partial charge < -0.3 is 10.2 Å². The van der Waals surface area contributed by atoms with Gasteiger partial charge in [0.1, 0.15) is 5.82 Å². The van der Waals surface area contributed by atoms with Gasteiger partial charge in [-0.3, -0.25) is 14.7 Å². The number of hydrogen-bond donors (Lipinski definition) is 1. The molecule has 6 rings (SSSR count). The van der Waals surface area contributed by atoms with Crippen LogP contribution in [0.25, 0.3) is 11.3 Å². The Morgan fingerprint density at radius 2 is 1.51 bits per heavy atom. The molecule has 0 aliphatic carbocycles. The molecule has 0 radical (unpaired) electrons. The van der Waals surface area contributed by atoms with E-state index in [1.165, 1.54) is 5.56 Å². The molecule has 2 aromatic heterocycles. The van der Waals surface area contributed by atoms with Crippen LogP contribution in [0.2, 0.25) is 0 Å². The van der Waals surface area contributed by atoms with E-state index in [0.29, 0.717) is 17.9 Å². The molecular weight excluding hydrogens is 552 g/mol. The molecule has 3 aromatic carbocycles. The number of piperazine rings is 1. The van der Waals surface area contributed by atoms with Crippen LogP contribution in [-0.2, 0) is 18.8 Å². The molecule has 1 amide bonds. The Morgan fingerprint density at radius 1 is 0.767 bits per heavy atom. The fraction of sp³-hybridized carbons (Fsp3) is 0.200. The number of carbonyl (C=O) groups is 1. The quantitative estimate of drug-likeness (QED) is 0.157. The van der Waals surface area contributed by atoms with Crippen molar-refractivity contribution < 1.29 is 4.79 Å². The molecule has 7 nitrogen and oxygen atoms in total. The molecule has 5 aromatic rings. The van der Waals surface area contributed by atoms with Gasteiger partial charge in [0.05, 0.1) is 17.9 Å². The van der Waals surface area contributed by atoms with E-state index in [1.54, 1.807) is 18.0 Å². The molecule has 0 spiro atoms. The number of benzene rings is 3. The van der Waals surface area contributed by atoms with Crippen LogP contribution in [0.4, 0.5) is 5.82 Å². The number of amides is 1. The molecule has 1 aliphatic rings. The van der Waals surface area contributed by atoms with Gasteiger partial charge in [-0.15, -0.1) is 0 Å². The molecule has 1 fully saturated rings. The van der Waals surface area contributed by atoms with Gasteiger partial charge in [-0.25, -0.2) is 9.97 Å². The van der Waals surface area contributed by atoms with Gasteiger partial charge in [0.2, 0.25) is 0 Å². The first-order chi connectivity index (χ1) is 21.2. The first kappa shape index (κ1) is 28.6. The van der Waals surface area contributed by atoms with Gasteiger partial charge in [-0.05, 0) is 35.4 Å².